The summed E-state index contributed by atoms with van der Waals surface area (Å²) in [5, 5.41) is 7.15. The number of guanidine groups is 1. The number of nitrogens with zero attached hydrogens (tertiary/aromatic N) is 1. The Morgan fingerprint density at radius 3 is 1.86 bits per heavy atom. The van der Waals surface area contributed by atoms with Gasteiger partial charge in [-0.1, -0.05) is 64.5 Å². The van der Waals surface area contributed by atoms with E-state index in [9.17, 15) is 9.59 Å². The first-order valence-corrected chi connectivity index (χ1v) is 12.4. The number of amides is 2. The van der Waals surface area contributed by atoms with Crippen molar-refractivity contribution in [1.29, 1.82) is 0 Å². The van der Waals surface area contributed by atoms with Gasteiger partial charge in [0.1, 0.15) is 11.2 Å². The second kappa shape index (κ2) is 11.1. The number of hydrogen-bond acceptors (Lipinski definition) is 5. The summed E-state index contributed by atoms with van der Waals surface area (Å²) in [6, 6.07) is 20.3. The van der Waals surface area contributed by atoms with E-state index in [1.807, 2.05) is 36.4 Å². The number of rotatable bonds is 3. The molecule has 2 amide bonds. The van der Waals surface area contributed by atoms with Gasteiger partial charge in [0.15, 0.2) is 0 Å². The van der Waals surface area contributed by atoms with E-state index in [-0.39, 0.29) is 12.5 Å². The molecular formula is C28H32BrN3O4. The summed E-state index contributed by atoms with van der Waals surface area (Å²) >= 11 is 3.49. The molecule has 0 bridgehead atoms. The van der Waals surface area contributed by atoms with Crippen molar-refractivity contribution in [2.75, 3.05) is 0 Å². The van der Waals surface area contributed by atoms with Gasteiger partial charge in [-0.25, -0.2) is 14.6 Å². The molecule has 0 heterocycles. The Morgan fingerprint density at radius 2 is 1.31 bits per heavy atom. The lowest BCUT2D eigenvalue weighted by Gasteiger charge is -2.22. The number of benzene rings is 3. The van der Waals surface area contributed by atoms with Crippen molar-refractivity contribution in [1.82, 2.24) is 10.6 Å². The molecule has 7 nitrogen and oxygen atoms in total. The molecule has 2 N–H and O–H groups in total. The van der Waals surface area contributed by atoms with Gasteiger partial charge in [0, 0.05) is 4.47 Å². The van der Waals surface area contributed by atoms with Gasteiger partial charge in [0.25, 0.3) is 0 Å². The highest BCUT2D eigenvalue weighted by molar-refractivity contribution is 9.10. The zero-order valence-electron chi connectivity index (χ0n) is 21.4. The molecule has 0 aliphatic rings. The molecule has 0 unspecified atom stereocenters. The van der Waals surface area contributed by atoms with Crippen molar-refractivity contribution in [3.05, 3.63) is 70.7 Å². The van der Waals surface area contributed by atoms with Crippen molar-refractivity contribution in [3.63, 3.8) is 0 Å². The van der Waals surface area contributed by atoms with Crippen LogP contribution in [0.2, 0.25) is 0 Å². The SMILES string of the molecule is CC(C)(C)OC(=O)NC(=NCc1cccc2c(-c3ccc(Br)cc3)cccc12)NC(=O)OC(C)(C)C. The molecule has 0 aromatic heterocycles. The summed E-state index contributed by atoms with van der Waals surface area (Å²) < 4.78 is 11.7. The minimum Gasteiger partial charge on any atom is -0.444 e. The molecular weight excluding hydrogens is 522 g/mol. The number of fused-ring (bicyclic) bond motifs is 1. The Morgan fingerprint density at radius 1 is 0.778 bits per heavy atom. The summed E-state index contributed by atoms with van der Waals surface area (Å²) in [5.74, 6) is -0.0560. The lowest BCUT2D eigenvalue weighted by Crippen LogP contribution is -2.47. The Labute approximate surface area is 220 Å². The molecule has 0 saturated heterocycles. The van der Waals surface area contributed by atoms with Crippen molar-refractivity contribution in [3.8, 4) is 11.1 Å². The summed E-state index contributed by atoms with van der Waals surface area (Å²) in [7, 11) is 0. The van der Waals surface area contributed by atoms with Gasteiger partial charge in [-0.05, 0) is 81.1 Å². The smallest absolute Gasteiger partial charge is 0.414 e. The molecule has 190 valence electrons. The van der Waals surface area contributed by atoms with Gasteiger partial charge in [-0.3, -0.25) is 10.6 Å². The highest BCUT2D eigenvalue weighted by Gasteiger charge is 2.21. The highest BCUT2D eigenvalue weighted by Crippen LogP contribution is 2.31. The highest BCUT2D eigenvalue weighted by atomic mass is 79.9. The van der Waals surface area contributed by atoms with E-state index in [0.717, 1.165) is 31.9 Å². The van der Waals surface area contributed by atoms with Crippen LogP contribution in [0.5, 0.6) is 0 Å². The zero-order chi connectivity index (χ0) is 26.5. The molecule has 3 aromatic carbocycles. The fourth-order valence-corrected chi connectivity index (χ4v) is 3.73. The minimum atomic E-state index is -0.729. The first kappa shape index (κ1) is 27.2. The molecule has 0 atom stereocenters. The van der Waals surface area contributed by atoms with Crippen LogP contribution in [0, 0.1) is 0 Å². The van der Waals surface area contributed by atoms with Gasteiger partial charge in [-0.15, -0.1) is 0 Å². The zero-order valence-corrected chi connectivity index (χ0v) is 23.0. The largest absolute Gasteiger partial charge is 0.444 e. The number of ether oxygens (including phenoxy) is 2. The average Bonchev–Trinajstić information content (AvgIpc) is 2.75. The Bertz CT molecular complexity index is 1240. The van der Waals surface area contributed by atoms with Crippen molar-refractivity contribution in [2.24, 2.45) is 4.99 Å². The molecule has 3 aromatic rings. The molecule has 0 fully saturated rings. The minimum absolute atomic E-state index is 0.0560. The number of halogens is 1. The van der Waals surface area contributed by atoms with Crippen LogP contribution in [-0.2, 0) is 16.0 Å². The molecule has 3 rings (SSSR count). The van der Waals surface area contributed by atoms with Gasteiger partial charge in [0.2, 0.25) is 5.96 Å². The van der Waals surface area contributed by atoms with Crippen LogP contribution in [0.25, 0.3) is 21.9 Å². The van der Waals surface area contributed by atoms with Gasteiger partial charge in [0.05, 0.1) is 6.54 Å². The maximum atomic E-state index is 12.4. The van der Waals surface area contributed by atoms with Crippen LogP contribution in [0.1, 0.15) is 47.1 Å². The third-order valence-electron chi connectivity index (χ3n) is 4.81. The first-order chi connectivity index (χ1) is 16.8. The normalized spacial score (nSPS) is 11.5. The molecule has 0 radical (unpaired) electrons. The molecule has 0 saturated carbocycles. The number of carbonyl (C=O) groups excluding carboxylic acids is 2. The average molecular weight is 554 g/mol. The van der Waals surface area contributed by atoms with Crippen molar-refractivity contribution >= 4 is 44.8 Å². The summed E-state index contributed by atoms with van der Waals surface area (Å²) in [6.45, 7) is 10.7. The second-order valence-corrected chi connectivity index (χ2v) is 11.2. The topological polar surface area (TPSA) is 89.0 Å². The molecule has 0 spiro atoms. The lowest BCUT2D eigenvalue weighted by atomic mass is 9.96. The van der Waals surface area contributed by atoms with Crippen LogP contribution in [0.3, 0.4) is 0 Å². The van der Waals surface area contributed by atoms with Gasteiger partial charge in [-0.2, -0.15) is 0 Å². The predicted octanol–water partition coefficient (Wildman–Crippen LogP) is 7.17. The first-order valence-electron chi connectivity index (χ1n) is 11.6. The van der Waals surface area contributed by atoms with Gasteiger partial charge < -0.3 is 9.47 Å². The fourth-order valence-electron chi connectivity index (χ4n) is 3.47. The van der Waals surface area contributed by atoms with Crippen LogP contribution >= 0.6 is 15.9 Å². The van der Waals surface area contributed by atoms with E-state index in [0.29, 0.717) is 0 Å². The molecule has 8 heteroatoms. The number of nitrogens with one attached hydrogen (secondary N) is 2. The van der Waals surface area contributed by atoms with Crippen molar-refractivity contribution in [2.45, 2.75) is 59.3 Å². The maximum Gasteiger partial charge on any atom is 0.414 e. The standard InChI is InChI=1S/C28H32BrN3O4/c1-27(2,3)35-25(33)31-24(32-26(34)36-28(4,5)6)30-17-19-9-7-12-23-21(10-8-11-22(19)23)18-13-15-20(29)16-14-18/h7-16H,17H2,1-6H3,(H2,30,31,32,33,34). The second-order valence-electron chi connectivity index (χ2n) is 10.2. The Hall–Kier alpha value is -3.39. The van der Waals surface area contributed by atoms with Crippen LogP contribution in [0.15, 0.2) is 70.1 Å². The summed E-state index contributed by atoms with van der Waals surface area (Å²) in [5.41, 5.74) is 1.72. The molecule has 36 heavy (non-hydrogen) atoms. The van der Waals surface area contributed by atoms with Crippen LogP contribution < -0.4 is 10.6 Å². The monoisotopic (exact) mass is 553 g/mol. The van der Waals surface area contributed by atoms with Crippen molar-refractivity contribution < 1.29 is 19.1 Å². The Kier molecular flexibility index (Phi) is 8.40. The quantitative estimate of drug-likeness (QED) is 0.265. The van der Waals surface area contributed by atoms with Gasteiger partial charge >= 0.3 is 12.2 Å². The van der Waals surface area contributed by atoms with E-state index in [4.69, 9.17) is 9.47 Å². The van der Waals surface area contributed by atoms with E-state index >= 15 is 0 Å². The molecule has 0 aliphatic carbocycles. The van der Waals surface area contributed by atoms with E-state index in [1.54, 1.807) is 41.5 Å². The predicted molar refractivity (Wildman–Crippen MR) is 147 cm³/mol. The third kappa shape index (κ3) is 8.09. The van der Waals surface area contributed by atoms with Crippen LogP contribution in [0.4, 0.5) is 9.59 Å². The summed E-state index contributed by atoms with van der Waals surface area (Å²) in [6.07, 6.45) is -1.46. The lowest BCUT2D eigenvalue weighted by molar-refractivity contribution is 0.0545. The number of aliphatic imine (C=N–C) groups is 1. The van der Waals surface area contributed by atoms with E-state index in [1.165, 1.54) is 0 Å². The van der Waals surface area contributed by atoms with E-state index < -0.39 is 23.4 Å². The number of hydrogen-bond donors (Lipinski definition) is 2. The maximum absolute atomic E-state index is 12.4. The fraction of sp³-hybridized carbons (Fsp3) is 0.321. The summed E-state index contributed by atoms with van der Waals surface area (Å²) in [4.78, 5) is 29.2. The molecule has 0 aliphatic heterocycles. The van der Waals surface area contributed by atoms with Crippen LogP contribution in [-0.4, -0.2) is 29.3 Å². The van der Waals surface area contributed by atoms with E-state index in [2.05, 4.69) is 55.8 Å². The Balaban J connectivity index is 1.92. The number of carbonyl (C=O) groups is 2. The number of alkyl carbamates (subject to hydrolysis) is 2. The third-order valence-corrected chi connectivity index (χ3v) is 5.34.